The lowest BCUT2D eigenvalue weighted by Gasteiger charge is -2.05. The molecule has 0 aliphatic heterocycles. The zero-order valence-corrected chi connectivity index (χ0v) is 18.2. The number of aryl methyl sites for hydroxylation is 1. The molecular weight excluding hydrogens is 463 g/mol. The molecule has 0 bridgehead atoms. The number of aromatic nitrogens is 4. The lowest BCUT2D eigenvalue weighted by molar-refractivity contribution is 0.432. The highest BCUT2D eigenvalue weighted by molar-refractivity contribution is 9.10. The SMILES string of the molecule is Cc1nn(Cc2ccc(-c3nc(-c4ccc(Cl)cc4Cl)no3)cc2)c(C)c1Br. The Morgan fingerprint density at radius 2 is 1.82 bits per heavy atom. The van der Waals surface area contributed by atoms with Crippen molar-refractivity contribution in [1.29, 1.82) is 0 Å². The van der Waals surface area contributed by atoms with Crippen molar-refractivity contribution in [3.8, 4) is 22.8 Å². The number of hydrogen-bond donors (Lipinski definition) is 0. The van der Waals surface area contributed by atoms with Crippen molar-refractivity contribution in [2.24, 2.45) is 0 Å². The van der Waals surface area contributed by atoms with Crippen molar-refractivity contribution in [3.63, 3.8) is 0 Å². The second-order valence-corrected chi connectivity index (χ2v) is 8.02. The van der Waals surface area contributed by atoms with E-state index in [-0.39, 0.29) is 0 Å². The molecule has 0 N–H and O–H groups in total. The first-order valence-electron chi connectivity index (χ1n) is 8.50. The van der Waals surface area contributed by atoms with Crippen molar-refractivity contribution in [2.75, 3.05) is 0 Å². The molecule has 28 heavy (non-hydrogen) atoms. The highest BCUT2D eigenvalue weighted by Crippen LogP contribution is 2.30. The van der Waals surface area contributed by atoms with Crippen LogP contribution >= 0.6 is 39.1 Å². The van der Waals surface area contributed by atoms with E-state index in [1.165, 1.54) is 0 Å². The molecule has 142 valence electrons. The maximum absolute atomic E-state index is 6.22. The van der Waals surface area contributed by atoms with E-state index in [4.69, 9.17) is 27.7 Å². The molecule has 0 atom stereocenters. The minimum Gasteiger partial charge on any atom is -0.334 e. The van der Waals surface area contributed by atoms with Crippen LogP contribution in [0.15, 0.2) is 51.5 Å². The van der Waals surface area contributed by atoms with Crippen LogP contribution in [0.5, 0.6) is 0 Å². The van der Waals surface area contributed by atoms with E-state index in [1.54, 1.807) is 18.2 Å². The maximum Gasteiger partial charge on any atom is 0.258 e. The van der Waals surface area contributed by atoms with Gasteiger partial charge in [-0.15, -0.1) is 0 Å². The van der Waals surface area contributed by atoms with Gasteiger partial charge in [0.25, 0.3) is 5.89 Å². The minimum atomic E-state index is 0.424. The van der Waals surface area contributed by atoms with Gasteiger partial charge >= 0.3 is 0 Å². The van der Waals surface area contributed by atoms with Crippen LogP contribution in [0, 0.1) is 13.8 Å². The highest BCUT2D eigenvalue weighted by atomic mass is 79.9. The van der Waals surface area contributed by atoms with Crippen molar-refractivity contribution in [1.82, 2.24) is 19.9 Å². The smallest absolute Gasteiger partial charge is 0.258 e. The summed E-state index contributed by atoms with van der Waals surface area (Å²) in [6.07, 6.45) is 0. The normalized spacial score (nSPS) is 11.2. The Bertz CT molecular complexity index is 1150. The lowest BCUT2D eigenvalue weighted by Crippen LogP contribution is -2.03. The molecule has 0 saturated carbocycles. The Hall–Kier alpha value is -2.15. The zero-order valence-electron chi connectivity index (χ0n) is 15.1. The fourth-order valence-corrected chi connectivity index (χ4v) is 3.65. The fraction of sp³-hybridized carbons (Fsp3) is 0.150. The molecule has 2 aromatic carbocycles. The first kappa shape index (κ1) is 19.2. The van der Waals surface area contributed by atoms with Crippen LogP contribution in [0.2, 0.25) is 10.0 Å². The summed E-state index contributed by atoms with van der Waals surface area (Å²) in [5.41, 5.74) is 4.72. The van der Waals surface area contributed by atoms with Crippen molar-refractivity contribution in [2.45, 2.75) is 20.4 Å². The molecule has 8 heteroatoms. The molecule has 2 heterocycles. The Labute approximate surface area is 180 Å². The molecular formula is C20H15BrCl2N4O. The van der Waals surface area contributed by atoms with Gasteiger partial charge in [0.05, 0.1) is 27.4 Å². The third-order valence-electron chi connectivity index (χ3n) is 4.42. The fourth-order valence-electron chi connectivity index (χ4n) is 2.88. The van der Waals surface area contributed by atoms with Crippen LogP contribution in [0.3, 0.4) is 0 Å². The van der Waals surface area contributed by atoms with Crippen LogP contribution < -0.4 is 0 Å². The van der Waals surface area contributed by atoms with Gasteiger partial charge < -0.3 is 4.52 Å². The average molecular weight is 478 g/mol. The van der Waals surface area contributed by atoms with E-state index in [9.17, 15) is 0 Å². The quantitative estimate of drug-likeness (QED) is 0.344. The summed E-state index contributed by atoms with van der Waals surface area (Å²) in [5.74, 6) is 0.856. The third-order valence-corrected chi connectivity index (χ3v) is 6.12. The summed E-state index contributed by atoms with van der Waals surface area (Å²) >= 11 is 15.7. The van der Waals surface area contributed by atoms with E-state index in [0.29, 0.717) is 33.9 Å². The second-order valence-electron chi connectivity index (χ2n) is 6.39. The molecule has 0 amide bonds. The number of hydrogen-bond acceptors (Lipinski definition) is 4. The predicted octanol–water partition coefficient (Wildman–Crippen LogP) is 6.33. The maximum atomic E-state index is 6.22. The van der Waals surface area contributed by atoms with E-state index < -0.39 is 0 Å². The number of nitrogens with zero attached hydrogens (tertiary/aromatic N) is 4. The standard InChI is InChI=1S/C20H15BrCl2N4O/c1-11-18(21)12(2)27(25-11)10-13-3-5-14(6-4-13)20-24-19(26-28-20)16-8-7-15(22)9-17(16)23/h3-9H,10H2,1-2H3. The number of rotatable bonds is 4. The molecule has 4 rings (SSSR count). The van der Waals surface area contributed by atoms with Gasteiger partial charge in [0.1, 0.15) is 0 Å². The number of halogens is 3. The second kappa shape index (κ2) is 7.70. The third kappa shape index (κ3) is 3.72. The Morgan fingerprint density at radius 1 is 1.07 bits per heavy atom. The monoisotopic (exact) mass is 476 g/mol. The van der Waals surface area contributed by atoms with E-state index >= 15 is 0 Å². The van der Waals surface area contributed by atoms with Gasteiger partial charge in [-0.05, 0) is 65.7 Å². The van der Waals surface area contributed by atoms with Gasteiger partial charge in [0, 0.05) is 16.1 Å². The summed E-state index contributed by atoms with van der Waals surface area (Å²) in [4.78, 5) is 4.45. The molecule has 0 aliphatic rings. The highest BCUT2D eigenvalue weighted by Gasteiger charge is 2.14. The molecule has 0 aliphatic carbocycles. The minimum absolute atomic E-state index is 0.424. The van der Waals surface area contributed by atoms with Crippen LogP contribution in [-0.2, 0) is 6.54 Å². The van der Waals surface area contributed by atoms with Gasteiger partial charge in [0.15, 0.2) is 0 Å². The average Bonchev–Trinajstić information content (AvgIpc) is 3.24. The summed E-state index contributed by atoms with van der Waals surface area (Å²) in [7, 11) is 0. The van der Waals surface area contributed by atoms with Gasteiger partial charge in [0.2, 0.25) is 5.82 Å². The molecule has 2 aromatic heterocycles. The molecule has 0 radical (unpaired) electrons. The number of benzene rings is 2. The topological polar surface area (TPSA) is 56.7 Å². The molecule has 0 spiro atoms. The van der Waals surface area contributed by atoms with Crippen LogP contribution in [0.25, 0.3) is 22.8 Å². The molecule has 0 unspecified atom stereocenters. The summed E-state index contributed by atoms with van der Waals surface area (Å²) in [5, 5.41) is 9.61. The molecule has 0 fully saturated rings. The Kier molecular flexibility index (Phi) is 5.27. The van der Waals surface area contributed by atoms with Crippen LogP contribution in [0.1, 0.15) is 17.0 Å². The van der Waals surface area contributed by atoms with Crippen LogP contribution in [-0.4, -0.2) is 19.9 Å². The van der Waals surface area contributed by atoms with E-state index in [2.05, 4.69) is 31.2 Å². The van der Waals surface area contributed by atoms with Crippen molar-refractivity contribution >= 4 is 39.1 Å². The Balaban J connectivity index is 1.56. The van der Waals surface area contributed by atoms with Crippen molar-refractivity contribution in [3.05, 3.63) is 73.9 Å². The summed E-state index contributed by atoms with van der Waals surface area (Å²) in [6, 6.07) is 13.1. The molecule has 5 nitrogen and oxygen atoms in total. The molecule has 4 aromatic rings. The van der Waals surface area contributed by atoms with E-state index in [0.717, 1.165) is 27.0 Å². The Morgan fingerprint density at radius 3 is 2.46 bits per heavy atom. The largest absolute Gasteiger partial charge is 0.334 e. The van der Waals surface area contributed by atoms with E-state index in [1.807, 2.05) is 42.8 Å². The predicted molar refractivity (Wildman–Crippen MR) is 114 cm³/mol. The van der Waals surface area contributed by atoms with Gasteiger partial charge in [-0.25, -0.2) is 0 Å². The first-order chi connectivity index (χ1) is 13.4. The summed E-state index contributed by atoms with van der Waals surface area (Å²) in [6.45, 7) is 4.71. The van der Waals surface area contributed by atoms with Gasteiger partial charge in [-0.2, -0.15) is 10.1 Å². The zero-order chi connectivity index (χ0) is 19.8. The first-order valence-corrected chi connectivity index (χ1v) is 10.0. The van der Waals surface area contributed by atoms with Gasteiger partial charge in [-0.1, -0.05) is 40.5 Å². The summed E-state index contributed by atoms with van der Waals surface area (Å²) < 4.78 is 8.43. The van der Waals surface area contributed by atoms with Gasteiger partial charge in [-0.3, -0.25) is 4.68 Å². The van der Waals surface area contributed by atoms with Crippen LogP contribution in [0.4, 0.5) is 0 Å². The lowest BCUT2D eigenvalue weighted by atomic mass is 10.1. The van der Waals surface area contributed by atoms with Crippen molar-refractivity contribution < 1.29 is 4.52 Å². The molecule has 0 saturated heterocycles.